The molecule has 1 atom stereocenters. The molecule has 1 saturated carbocycles. The van der Waals surface area contributed by atoms with E-state index in [9.17, 15) is 0 Å². The highest BCUT2D eigenvalue weighted by Crippen LogP contribution is 2.48. The molecule has 1 aliphatic carbocycles. The lowest BCUT2D eigenvalue weighted by Gasteiger charge is -2.23. The zero-order valence-corrected chi connectivity index (χ0v) is 11.6. The van der Waals surface area contributed by atoms with Crippen molar-refractivity contribution < 1.29 is 0 Å². The molecule has 2 nitrogen and oxygen atoms in total. The van der Waals surface area contributed by atoms with Gasteiger partial charge in [0.25, 0.3) is 0 Å². The van der Waals surface area contributed by atoms with Gasteiger partial charge in [0.05, 0.1) is 0 Å². The van der Waals surface area contributed by atoms with Gasteiger partial charge in [-0.25, -0.2) is 0 Å². The van der Waals surface area contributed by atoms with E-state index in [1.807, 2.05) is 0 Å². The van der Waals surface area contributed by atoms with Gasteiger partial charge in [-0.05, 0) is 44.1 Å². The van der Waals surface area contributed by atoms with Gasteiger partial charge in [-0.15, -0.1) is 0 Å². The molecule has 100 valence electrons. The lowest BCUT2D eigenvalue weighted by atomic mass is 10.00. The molecule has 1 heterocycles. The largest absolute Gasteiger partial charge is 0.315 e. The van der Waals surface area contributed by atoms with E-state index in [1.165, 1.54) is 77.4 Å². The summed E-state index contributed by atoms with van der Waals surface area (Å²) in [6.45, 7) is 5.99. The van der Waals surface area contributed by atoms with Crippen molar-refractivity contribution in [1.29, 1.82) is 0 Å². The van der Waals surface area contributed by atoms with Crippen LogP contribution in [0.4, 0.5) is 0 Å². The summed E-state index contributed by atoms with van der Waals surface area (Å²) in [7, 11) is 0. The number of hydrogen-bond acceptors (Lipinski definition) is 2. The normalized spacial score (nSPS) is 28.4. The second-order valence-electron chi connectivity index (χ2n) is 6.23. The van der Waals surface area contributed by atoms with E-state index >= 15 is 0 Å². The van der Waals surface area contributed by atoms with E-state index in [0.717, 1.165) is 6.04 Å². The molecule has 17 heavy (non-hydrogen) atoms. The zero-order valence-electron chi connectivity index (χ0n) is 11.6. The summed E-state index contributed by atoms with van der Waals surface area (Å²) in [5, 5.41) is 7.43. The molecule has 1 aliphatic heterocycles. The monoisotopic (exact) mass is 238 g/mol. The zero-order chi connectivity index (χ0) is 12.0. The van der Waals surface area contributed by atoms with Crippen LogP contribution in [0.25, 0.3) is 0 Å². The van der Waals surface area contributed by atoms with Crippen LogP contribution in [-0.4, -0.2) is 25.7 Å². The van der Waals surface area contributed by atoms with Crippen LogP contribution >= 0.6 is 0 Å². The fourth-order valence-electron chi connectivity index (χ4n) is 3.19. The van der Waals surface area contributed by atoms with Gasteiger partial charge in [0.2, 0.25) is 0 Å². The van der Waals surface area contributed by atoms with Crippen molar-refractivity contribution in [3.8, 4) is 0 Å². The molecule has 0 spiro atoms. The summed E-state index contributed by atoms with van der Waals surface area (Å²) in [5.74, 6) is 0. The number of hydrogen-bond donors (Lipinski definition) is 2. The van der Waals surface area contributed by atoms with Gasteiger partial charge in [0.1, 0.15) is 0 Å². The molecule has 2 heteroatoms. The van der Waals surface area contributed by atoms with Crippen LogP contribution < -0.4 is 10.6 Å². The molecular formula is C15H30N2. The van der Waals surface area contributed by atoms with Crippen molar-refractivity contribution in [3.63, 3.8) is 0 Å². The van der Waals surface area contributed by atoms with E-state index in [1.54, 1.807) is 0 Å². The molecule has 0 aromatic carbocycles. The Kier molecular flexibility index (Phi) is 5.30. The fraction of sp³-hybridized carbons (Fsp3) is 1.00. The average molecular weight is 238 g/mol. The second kappa shape index (κ2) is 6.75. The Labute approximate surface area is 107 Å². The first kappa shape index (κ1) is 13.4. The molecule has 1 unspecified atom stereocenters. The molecule has 0 bridgehead atoms. The van der Waals surface area contributed by atoms with Crippen molar-refractivity contribution in [3.05, 3.63) is 0 Å². The maximum absolute atomic E-state index is 3.73. The molecule has 2 fully saturated rings. The summed E-state index contributed by atoms with van der Waals surface area (Å²) >= 11 is 0. The van der Waals surface area contributed by atoms with Crippen molar-refractivity contribution in [2.75, 3.05) is 19.6 Å². The third-order valence-electron chi connectivity index (χ3n) is 4.54. The predicted molar refractivity (Wildman–Crippen MR) is 74.3 cm³/mol. The first-order valence-corrected chi connectivity index (χ1v) is 7.79. The van der Waals surface area contributed by atoms with Crippen molar-refractivity contribution >= 4 is 0 Å². The Morgan fingerprint density at radius 2 is 2.00 bits per heavy atom. The third-order valence-corrected chi connectivity index (χ3v) is 4.54. The lowest BCUT2D eigenvalue weighted by Crippen LogP contribution is -2.41. The minimum atomic E-state index is 0.705. The average Bonchev–Trinajstić information content (AvgIpc) is 3.02. The first-order valence-electron chi connectivity index (χ1n) is 7.79. The molecule has 2 N–H and O–H groups in total. The highest BCUT2D eigenvalue weighted by Gasteiger charge is 2.40. The Morgan fingerprint density at radius 1 is 1.18 bits per heavy atom. The lowest BCUT2D eigenvalue weighted by molar-refractivity contribution is 0.366. The maximum atomic E-state index is 3.73. The van der Waals surface area contributed by atoms with E-state index in [-0.39, 0.29) is 0 Å². The highest BCUT2D eigenvalue weighted by atomic mass is 15.0. The molecule has 0 radical (unpaired) electrons. The van der Waals surface area contributed by atoms with Gasteiger partial charge >= 0.3 is 0 Å². The quantitative estimate of drug-likeness (QED) is 0.743. The molecule has 0 amide bonds. The van der Waals surface area contributed by atoms with Gasteiger partial charge in [-0.1, -0.05) is 32.6 Å². The summed E-state index contributed by atoms with van der Waals surface area (Å²) in [6.07, 6.45) is 12.7. The molecule has 1 saturated heterocycles. The van der Waals surface area contributed by atoms with E-state index in [0.29, 0.717) is 5.41 Å². The van der Waals surface area contributed by atoms with Gasteiger partial charge in [-0.2, -0.15) is 0 Å². The summed E-state index contributed by atoms with van der Waals surface area (Å²) in [5.41, 5.74) is 0.705. The smallest absolute Gasteiger partial charge is 0.0192 e. The van der Waals surface area contributed by atoms with Crippen LogP contribution in [0.5, 0.6) is 0 Å². The number of rotatable bonds is 6. The predicted octanol–water partition coefficient (Wildman–Crippen LogP) is 3.08. The van der Waals surface area contributed by atoms with E-state index in [2.05, 4.69) is 17.6 Å². The number of nitrogens with one attached hydrogen (secondary N) is 2. The van der Waals surface area contributed by atoms with Gasteiger partial charge in [0.15, 0.2) is 0 Å². The van der Waals surface area contributed by atoms with Crippen molar-refractivity contribution in [1.82, 2.24) is 10.6 Å². The van der Waals surface area contributed by atoms with Crippen LogP contribution in [0.2, 0.25) is 0 Å². The molecule has 0 aromatic heterocycles. The Balaban J connectivity index is 1.60. The Morgan fingerprint density at radius 3 is 2.76 bits per heavy atom. The maximum Gasteiger partial charge on any atom is 0.0192 e. The van der Waals surface area contributed by atoms with Crippen LogP contribution in [0.3, 0.4) is 0 Å². The third kappa shape index (κ3) is 4.59. The summed E-state index contributed by atoms with van der Waals surface area (Å²) < 4.78 is 0. The highest BCUT2D eigenvalue weighted by molar-refractivity contribution is 4.94. The molecular weight excluding hydrogens is 208 g/mol. The van der Waals surface area contributed by atoms with Crippen LogP contribution in [0, 0.1) is 5.41 Å². The van der Waals surface area contributed by atoms with Crippen molar-refractivity contribution in [2.24, 2.45) is 5.41 Å². The van der Waals surface area contributed by atoms with Crippen LogP contribution in [-0.2, 0) is 0 Å². The molecule has 2 aliphatic rings. The van der Waals surface area contributed by atoms with Crippen LogP contribution in [0.1, 0.15) is 64.7 Å². The minimum absolute atomic E-state index is 0.705. The van der Waals surface area contributed by atoms with Crippen molar-refractivity contribution in [2.45, 2.75) is 70.8 Å². The first-order chi connectivity index (χ1) is 8.35. The van der Waals surface area contributed by atoms with Gasteiger partial charge in [0, 0.05) is 19.1 Å². The van der Waals surface area contributed by atoms with Gasteiger partial charge in [-0.3, -0.25) is 0 Å². The summed E-state index contributed by atoms with van der Waals surface area (Å²) in [6, 6.07) is 0.729. The van der Waals surface area contributed by atoms with E-state index in [4.69, 9.17) is 0 Å². The Hall–Kier alpha value is -0.0800. The van der Waals surface area contributed by atoms with Crippen LogP contribution in [0.15, 0.2) is 0 Å². The minimum Gasteiger partial charge on any atom is -0.315 e. The fourth-order valence-corrected chi connectivity index (χ4v) is 3.19. The molecule has 2 rings (SSSR count). The van der Waals surface area contributed by atoms with E-state index < -0.39 is 0 Å². The second-order valence-corrected chi connectivity index (χ2v) is 6.23. The topological polar surface area (TPSA) is 24.1 Å². The Bertz CT molecular complexity index is 203. The standard InChI is InChI=1S/C15H30N2/c1-2-8-15(9-10-15)13-16-12-14-7-5-3-4-6-11-17-14/h14,16-17H,2-13H2,1H3. The van der Waals surface area contributed by atoms with Gasteiger partial charge < -0.3 is 10.6 Å². The summed E-state index contributed by atoms with van der Waals surface area (Å²) in [4.78, 5) is 0. The SMILES string of the molecule is CCCC1(CNCC2CCCCCCN2)CC1. The molecule has 0 aromatic rings.